The molecular weight excluding hydrogens is 222 g/mol. The van der Waals surface area contributed by atoms with Gasteiger partial charge in [-0.15, -0.1) is 0 Å². The fourth-order valence-corrected chi connectivity index (χ4v) is 1.11. The standard InChI is InChI=1S/C8H6ClF4N/c9-4-1-2-6(10)5(3-4)7(14)8(11,12)13/h1-3,7H,14H2/t7-/m0/s1. The van der Waals surface area contributed by atoms with E-state index in [0.717, 1.165) is 18.2 Å². The monoisotopic (exact) mass is 227 g/mol. The van der Waals surface area contributed by atoms with Crippen LogP contribution in [0.4, 0.5) is 17.6 Å². The topological polar surface area (TPSA) is 26.0 Å². The van der Waals surface area contributed by atoms with Crippen LogP contribution in [0.5, 0.6) is 0 Å². The first-order chi connectivity index (χ1) is 6.32. The minimum atomic E-state index is -4.68. The predicted octanol–water partition coefficient (Wildman–Crippen LogP) is 3.04. The van der Waals surface area contributed by atoms with Gasteiger partial charge in [-0.05, 0) is 18.2 Å². The van der Waals surface area contributed by atoms with E-state index in [9.17, 15) is 17.6 Å². The normalized spacial score (nSPS) is 14.1. The molecule has 1 aromatic rings. The molecule has 0 aliphatic rings. The first-order valence-corrected chi connectivity index (χ1v) is 3.97. The lowest BCUT2D eigenvalue weighted by atomic mass is 10.1. The van der Waals surface area contributed by atoms with Gasteiger partial charge in [0.25, 0.3) is 0 Å². The Bertz CT molecular complexity index is 337. The zero-order chi connectivity index (χ0) is 10.9. The quantitative estimate of drug-likeness (QED) is 0.734. The Morgan fingerprint density at radius 3 is 2.36 bits per heavy atom. The van der Waals surface area contributed by atoms with E-state index in [4.69, 9.17) is 17.3 Å². The zero-order valence-corrected chi connectivity index (χ0v) is 7.53. The molecule has 0 amide bonds. The fourth-order valence-electron chi connectivity index (χ4n) is 0.929. The molecular formula is C8H6ClF4N. The summed E-state index contributed by atoms with van der Waals surface area (Å²) in [5.41, 5.74) is 4.17. The second-order valence-corrected chi connectivity index (χ2v) is 3.12. The Labute approximate surface area is 82.5 Å². The van der Waals surface area contributed by atoms with Gasteiger partial charge >= 0.3 is 6.18 Å². The number of hydrogen-bond donors (Lipinski definition) is 1. The van der Waals surface area contributed by atoms with Gasteiger partial charge < -0.3 is 5.73 Å². The van der Waals surface area contributed by atoms with Gasteiger partial charge in [-0.2, -0.15) is 13.2 Å². The molecule has 2 N–H and O–H groups in total. The third-order valence-electron chi connectivity index (χ3n) is 1.65. The largest absolute Gasteiger partial charge is 0.407 e. The maximum absolute atomic E-state index is 12.9. The van der Waals surface area contributed by atoms with Crippen LogP contribution >= 0.6 is 11.6 Å². The van der Waals surface area contributed by atoms with E-state index in [1.165, 1.54) is 0 Å². The zero-order valence-electron chi connectivity index (χ0n) is 6.78. The molecule has 14 heavy (non-hydrogen) atoms. The van der Waals surface area contributed by atoms with Gasteiger partial charge in [0.15, 0.2) is 0 Å². The second-order valence-electron chi connectivity index (χ2n) is 2.69. The number of benzene rings is 1. The summed E-state index contributed by atoms with van der Waals surface area (Å²) in [5, 5.41) is 0.0149. The summed E-state index contributed by atoms with van der Waals surface area (Å²) in [6, 6.07) is 0.531. The van der Waals surface area contributed by atoms with Crippen molar-refractivity contribution in [1.29, 1.82) is 0 Å². The summed E-state index contributed by atoms with van der Waals surface area (Å²) in [6.07, 6.45) is -4.68. The molecule has 0 heterocycles. The summed E-state index contributed by atoms with van der Waals surface area (Å²) in [7, 11) is 0. The van der Waals surface area contributed by atoms with Gasteiger partial charge in [0.1, 0.15) is 11.9 Å². The van der Waals surface area contributed by atoms with E-state index in [1.54, 1.807) is 0 Å². The van der Waals surface area contributed by atoms with Gasteiger partial charge in [-0.1, -0.05) is 11.6 Å². The molecule has 1 nitrogen and oxygen atoms in total. The molecule has 6 heteroatoms. The van der Waals surface area contributed by atoms with Gasteiger partial charge in [0.2, 0.25) is 0 Å². The molecule has 1 atom stereocenters. The first kappa shape index (κ1) is 11.3. The maximum atomic E-state index is 12.9. The number of nitrogens with two attached hydrogens (primary N) is 1. The molecule has 78 valence electrons. The summed E-state index contributed by atoms with van der Waals surface area (Å²) >= 11 is 5.42. The molecule has 0 radical (unpaired) electrons. The Morgan fingerprint density at radius 1 is 1.29 bits per heavy atom. The summed E-state index contributed by atoms with van der Waals surface area (Å²) in [5.74, 6) is -1.01. The Morgan fingerprint density at radius 2 is 1.86 bits per heavy atom. The second kappa shape index (κ2) is 3.74. The van der Waals surface area contributed by atoms with E-state index in [2.05, 4.69) is 0 Å². The Kier molecular flexibility index (Phi) is 3.01. The van der Waals surface area contributed by atoms with Crippen molar-refractivity contribution in [2.75, 3.05) is 0 Å². The van der Waals surface area contributed by atoms with Crippen molar-refractivity contribution in [2.45, 2.75) is 12.2 Å². The van der Waals surface area contributed by atoms with E-state index in [-0.39, 0.29) is 5.02 Å². The third-order valence-corrected chi connectivity index (χ3v) is 1.88. The Balaban J connectivity index is 3.12. The van der Waals surface area contributed by atoms with Crippen molar-refractivity contribution < 1.29 is 17.6 Å². The van der Waals surface area contributed by atoms with Crippen LogP contribution < -0.4 is 5.73 Å². The molecule has 1 rings (SSSR count). The molecule has 0 spiro atoms. The van der Waals surface area contributed by atoms with Crippen LogP contribution in [0, 0.1) is 5.82 Å². The van der Waals surface area contributed by atoms with Crippen molar-refractivity contribution in [3.05, 3.63) is 34.6 Å². The maximum Gasteiger partial charge on any atom is 0.407 e. The molecule has 0 aromatic heterocycles. The molecule has 0 saturated carbocycles. The molecule has 0 aliphatic heterocycles. The van der Waals surface area contributed by atoms with E-state index < -0.39 is 23.6 Å². The van der Waals surface area contributed by atoms with E-state index in [1.807, 2.05) is 0 Å². The van der Waals surface area contributed by atoms with Crippen LogP contribution in [-0.2, 0) is 0 Å². The number of hydrogen-bond acceptors (Lipinski definition) is 1. The van der Waals surface area contributed by atoms with Crippen molar-refractivity contribution in [3.63, 3.8) is 0 Å². The lowest BCUT2D eigenvalue weighted by Gasteiger charge is -2.16. The summed E-state index contributed by atoms with van der Waals surface area (Å²) in [6.45, 7) is 0. The number of alkyl halides is 3. The van der Waals surface area contributed by atoms with Gasteiger partial charge in [0, 0.05) is 10.6 Å². The molecule has 0 unspecified atom stereocenters. The summed E-state index contributed by atoms with van der Waals surface area (Å²) in [4.78, 5) is 0. The van der Waals surface area contributed by atoms with Crippen LogP contribution in [0.1, 0.15) is 11.6 Å². The van der Waals surface area contributed by atoms with Gasteiger partial charge in [-0.3, -0.25) is 0 Å². The lowest BCUT2D eigenvalue weighted by Crippen LogP contribution is -2.29. The molecule has 0 bridgehead atoms. The lowest BCUT2D eigenvalue weighted by molar-refractivity contribution is -0.149. The van der Waals surface area contributed by atoms with Crippen molar-refractivity contribution in [1.82, 2.24) is 0 Å². The van der Waals surface area contributed by atoms with Crippen LogP contribution in [0.3, 0.4) is 0 Å². The van der Waals surface area contributed by atoms with Crippen LogP contribution in [0.15, 0.2) is 18.2 Å². The molecule has 0 aliphatic carbocycles. The minimum absolute atomic E-state index is 0.0149. The smallest absolute Gasteiger partial charge is 0.316 e. The van der Waals surface area contributed by atoms with Gasteiger partial charge in [-0.25, -0.2) is 4.39 Å². The fraction of sp³-hybridized carbons (Fsp3) is 0.250. The van der Waals surface area contributed by atoms with E-state index >= 15 is 0 Å². The van der Waals surface area contributed by atoms with Crippen molar-refractivity contribution >= 4 is 11.6 Å². The van der Waals surface area contributed by atoms with Crippen LogP contribution in [0.25, 0.3) is 0 Å². The van der Waals surface area contributed by atoms with Gasteiger partial charge in [0.05, 0.1) is 0 Å². The summed E-state index contributed by atoms with van der Waals surface area (Å²) < 4.78 is 49.2. The number of halogens is 5. The Hall–Kier alpha value is -0.810. The van der Waals surface area contributed by atoms with Crippen LogP contribution in [-0.4, -0.2) is 6.18 Å². The highest BCUT2D eigenvalue weighted by Crippen LogP contribution is 2.32. The highest BCUT2D eigenvalue weighted by molar-refractivity contribution is 6.30. The minimum Gasteiger partial charge on any atom is -0.316 e. The van der Waals surface area contributed by atoms with E-state index in [0.29, 0.717) is 0 Å². The van der Waals surface area contributed by atoms with Crippen molar-refractivity contribution in [3.8, 4) is 0 Å². The number of rotatable bonds is 1. The predicted molar refractivity (Wildman–Crippen MR) is 44.4 cm³/mol. The molecule has 1 aromatic carbocycles. The SMILES string of the molecule is N[C@@H](c1cc(Cl)ccc1F)C(F)(F)F. The van der Waals surface area contributed by atoms with Crippen molar-refractivity contribution in [2.24, 2.45) is 5.73 Å². The first-order valence-electron chi connectivity index (χ1n) is 3.59. The molecule has 0 fully saturated rings. The average Bonchev–Trinajstić information content (AvgIpc) is 2.06. The third kappa shape index (κ3) is 2.36. The van der Waals surface area contributed by atoms with Crippen LogP contribution in [0.2, 0.25) is 5.02 Å². The average molecular weight is 228 g/mol. The molecule has 0 saturated heterocycles. The highest BCUT2D eigenvalue weighted by atomic mass is 35.5. The highest BCUT2D eigenvalue weighted by Gasteiger charge is 2.39.